The molecule has 0 aromatic rings. The molecule has 23 heavy (non-hydrogen) atoms. The van der Waals surface area contributed by atoms with Crippen molar-refractivity contribution in [2.75, 3.05) is 13.2 Å². The molecule has 0 fully saturated rings. The molecule has 130 valence electrons. The Labute approximate surface area is 140 Å². The van der Waals surface area contributed by atoms with E-state index >= 15 is 0 Å². The van der Waals surface area contributed by atoms with E-state index in [1.165, 1.54) is 32.1 Å². The van der Waals surface area contributed by atoms with Crippen LogP contribution in [0.3, 0.4) is 0 Å². The molecule has 0 spiro atoms. The van der Waals surface area contributed by atoms with Crippen molar-refractivity contribution in [3.63, 3.8) is 0 Å². The number of amides is 1. The Kier molecular flexibility index (Phi) is 10.3. The molecular weight excluding hydrogens is 290 g/mol. The van der Waals surface area contributed by atoms with Gasteiger partial charge in [0.15, 0.2) is 5.66 Å². The van der Waals surface area contributed by atoms with E-state index in [4.69, 9.17) is 11.5 Å². The highest BCUT2D eigenvalue weighted by Gasteiger charge is 2.38. The first-order valence-electron chi connectivity index (χ1n) is 8.97. The van der Waals surface area contributed by atoms with Crippen molar-refractivity contribution < 1.29 is 9.90 Å². The largest absolute Gasteiger partial charge is 0.395 e. The van der Waals surface area contributed by atoms with Crippen molar-refractivity contribution in [3.05, 3.63) is 0 Å². The molecule has 0 radical (unpaired) electrons. The first kappa shape index (κ1) is 19.6. The second kappa shape index (κ2) is 12.1. The van der Waals surface area contributed by atoms with Crippen LogP contribution in [0, 0.1) is 12.3 Å². The molecule has 0 saturated carbocycles. The van der Waals surface area contributed by atoms with Crippen molar-refractivity contribution in [2.24, 2.45) is 10.2 Å². The molecule has 0 bridgehead atoms. The Morgan fingerprint density at radius 1 is 1.00 bits per heavy atom. The first-order chi connectivity index (χ1) is 11.2. The van der Waals surface area contributed by atoms with E-state index in [-0.39, 0.29) is 18.2 Å². The van der Waals surface area contributed by atoms with Gasteiger partial charge in [-0.15, -0.1) is 12.3 Å². The third-order valence-electron chi connectivity index (χ3n) is 4.20. The minimum absolute atomic E-state index is 0.0114. The highest BCUT2D eigenvalue weighted by molar-refractivity contribution is 5.75. The summed E-state index contributed by atoms with van der Waals surface area (Å²) in [6.45, 7) is 0.374. The van der Waals surface area contributed by atoms with E-state index < -0.39 is 0 Å². The number of aliphatic hydroxyl groups is 1. The van der Waals surface area contributed by atoms with Crippen LogP contribution in [0.1, 0.15) is 77.0 Å². The maximum absolute atomic E-state index is 11.3. The fraction of sp³-hybridized carbons (Fsp3) is 0.833. The molecule has 1 amide bonds. The van der Waals surface area contributed by atoms with Crippen LogP contribution in [0.2, 0.25) is 0 Å². The van der Waals surface area contributed by atoms with Gasteiger partial charge in [-0.2, -0.15) is 10.2 Å². The van der Waals surface area contributed by atoms with Crippen LogP contribution < -0.4 is 5.32 Å². The number of rotatable bonds is 15. The van der Waals surface area contributed by atoms with Gasteiger partial charge >= 0.3 is 0 Å². The number of unbranched alkanes of at least 4 members (excludes halogenated alkanes) is 7. The van der Waals surface area contributed by atoms with E-state index in [0.29, 0.717) is 13.0 Å². The fourth-order valence-electron chi connectivity index (χ4n) is 2.73. The Morgan fingerprint density at radius 2 is 1.61 bits per heavy atom. The van der Waals surface area contributed by atoms with Crippen LogP contribution in [-0.2, 0) is 4.79 Å². The van der Waals surface area contributed by atoms with E-state index in [1.807, 2.05) is 0 Å². The summed E-state index contributed by atoms with van der Waals surface area (Å²) in [7, 11) is 0. The lowest BCUT2D eigenvalue weighted by molar-refractivity contribution is -0.121. The third kappa shape index (κ3) is 10.1. The van der Waals surface area contributed by atoms with Crippen molar-refractivity contribution in [2.45, 2.75) is 82.7 Å². The SMILES string of the molecule is C#CCCCC1(CCCCCCCCCC(=O)NCCO)N=N1. The van der Waals surface area contributed by atoms with Crippen molar-refractivity contribution >= 4 is 5.91 Å². The zero-order valence-electron chi connectivity index (χ0n) is 14.2. The molecule has 2 N–H and O–H groups in total. The number of hydrogen-bond acceptors (Lipinski definition) is 4. The van der Waals surface area contributed by atoms with Gasteiger partial charge in [0.25, 0.3) is 0 Å². The molecule has 0 unspecified atom stereocenters. The van der Waals surface area contributed by atoms with Crippen molar-refractivity contribution in [1.29, 1.82) is 0 Å². The number of hydrogen-bond donors (Lipinski definition) is 2. The molecule has 1 aliphatic rings. The number of terminal acetylenes is 1. The van der Waals surface area contributed by atoms with E-state index in [9.17, 15) is 4.79 Å². The topological polar surface area (TPSA) is 74.0 Å². The molecule has 1 rings (SSSR count). The first-order valence-corrected chi connectivity index (χ1v) is 8.97. The fourth-order valence-corrected chi connectivity index (χ4v) is 2.73. The lowest BCUT2D eigenvalue weighted by Gasteiger charge is -2.09. The summed E-state index contributed by atoms with van der Waals surface area (Å²) in [5.74, 6) is 2.71. The predicted molar refractivity (Wildman–Crippen MR) is 91.9 cm³/mol. The molecule has 0 atom stereocenters. The maximum Gasteiger partial charge on any atom is 0.220 e. The molecule has 5 nitrogen and oxygen atoms in total. The van der Waals surface area contributed by atoms with Gasteiger partial charge in [0, 0.05) is 19.4 Å². The average molecular weight is 321 g/mol. The number of nitrogens with one attached hydrogen (secondary N) is 1. The van der Waals surface area contributed by atoms with Gasteiger partial charge in [-0.1, -0.05) is 32.1 Å². The van der Waals surface area contributed by atoms with Gasteiger partial charge in [0.1, 0.15) is 0 Å². The number of carbonyl (C=O) groups is 1. The molecule has 0 aromatic heterocycles. The quantitative estimate of drug-likeness (QED) is 0.357. The molecule has 0 aromatic carbocycles. The summed E-state index contributed by atoms with van der Waals surface area (Å²) in [4.78, 5) is 11.3. The van der Waals surface area contributed by atoms with Crippen LogP contribution in [0.4, 0.5) is 0 Å². The average Bonchev–Trinajstić information content (AvgIpc) is 3.31. The molecular formula is C18H31N3O2. The Morgan fingerprint density at radius 3 is 2.22 bits per heavy atom. The lowest BCUT2D eigenvalue weighted by Crippen LogP contribution is -2.25. The van der Waals surface area contributed by atoms with Crippen LogP contribution in [0.25, 0.3) is 0 Å². The summed E-state index contributed by atoms with van der Waals surface area (Å²) in [6, 6.07) is 0. The van der Waals surface area contributed by atoms with Gasteiger partial charge in [-0.25, -0.2) is 0 Å². The summed E-state index contributed by atoms with van der Waals surface area (Å²) < 4.78 is 0. The summed E-state index contributed by atoms with van der Waals surface area (Å²) >= 11 is 0. The number of carbonyl (C=O) groups excluding carboxylic acids is 1. The van der Waals surface area contributed by atoms with Gasteiger partial charge in [-0.05, 0) is 32.1 Å². The van der Waals surface area contributed by atoms with Crippen LogP contribution in [0.5, 0.6) is 0 Å². The predicted octanol–water partition coefficient (Wildman–Crippen LogP) is 3.57. The molecule has 0 aliphatic carbocycles. The Hall–Kier alpha value is -1.41. The smallest absolute Gasteiger partial charge is 0.220 e. The van der Waals surface area contributed by atoms with E-state index in [2.05, 4.69) is 21.5 Å². The number of nitrogens with zero attached hydrogens (tertiary/aromatic N) is 2. The van der Waals surface area contributed by atoms with E-state index in [0.717, 1.165) is 38.5 Å². The molecule has 1 heterocycles. The normalized spacial score (nSPS) is 14.4. The van der Waals surface area contributed by atoms with Gasteiger partial charge in [0.2, 0.25) is 5.91 Å². The highest BCUT2D eigenvalue weighted by Crippen LogP contribution is 2.38. The second-order valence-electron chi connectivity index (χ2n) is 6.29. The minimum atomic E-state index is -0.0707. The third-order valence-corrected chi connectivity index (χ3v) is 4.20. The second-order valence-corrected chi connectivity index (χ2v) is 6.29. The number of aliphatic hydroxyl groups excluding tert-OH is 1. The van der Waals surface area contributed by atoms with Gasteiger partial charge in [0.05, 0.1) is 6.61 Å². The Balaban J connectivity index is 1.83. The van der Waals surface area contributed by atoms with Crippen LogP contribution in [-0.4, -0.2) is 29.8 Å². The summed E-state index contributed by atoms with van der Waals surface area (Å²) in [6.07, 6.45) is 17.9. The lowest BCUT2D eigenvalue weighted by atomic mass is 9.98. The summed E-state index contributed by atoms with van der Waals surface area (Å²) in [5.41, 5.74) is -0.0707. The maximum atomic E-state index is 11.3. The van der Waals surface area contributed by atoms with E-state index in [1.54, 1.807) is 0 Å². The van der Waals surface area contributed by atoms with Crippen molar-refractivity contribution in [3.8, 4) is 12.3 Å². The zero-order valence-corrected chi connectivity index (χ0v) is 14.2. The van der Waals surface area contributed by atoms with Gasteiger partial charge < -0.3 is 10.4 Å². The molecule has 0 saturated heterocycles. The standard InChI is InChI=1S/C18H31N3O2/c1-2-3-10-13-18(20-21-18)14-11-8-6-4-5-7-9-12-17(23)19-15-16-22/h1,22H,3-16H2,(H,19,23). The van der Waals surface area contributed by atoms with Crippen LogP contribution in [0.15, 0.2) is 10.2 Å². The van der Waals surface area contributed by atoms with Crippen molar-refractivity contribution in [1.82, 2.24) is 5.32 Å². The molecule has 1 aliphatic heterocycles. The van der Waals surface area contributed by atoms with Crippen LogP contribution >= 0.6 is 0 Å². The minimum Gasteiger partial charge on any atom is -0.395 e. The molecule has 5 heteroatoms. The monoisotopic (exact) mass is 321 g/mol. The van der Waals surface area contributed by atoms with Gasteiger partial charge in [-0.3, -0.25) is 4.79 Å². The summed E-state index contributed by atoms with van der Waals surface area (Å²) in [5, 5.41) is 19.7. The zero-order chi connectivity index (χ0) is 16.8. The highest BCUT2D eigenvalue weighted by atomic mass is 16.3. The Bertz CT molecular complexity index is 396.